The average Bonchev–Trinajstić information content (AvgIpc) is 2.44. The fourth-order valence-corrected chi connectivity index (χ4v) is 2.02. The summed E-state index contributed by atoms with van der Waals surface area (Å²) in [6.07, 6.45) is -9.62. The second-order valence-corrected chi connectivity index (χ2v) is 4.87. The Labute approximate surface area is 131 Å². The lowest BCUT2D eigenvalue weighted by Crippen LogP contribution is -2.17. The maximum Gasteiger partial charge on any atom is 0.573 e. The zero-order chi connectivity index (χ0) is 18.1. The van der Waals surface area contributed by atoms with Crippen molar-refractivity contribution in [2.75, 3.05) is 0 Å². The fourth-order valence-electron chi connectivity index (χ4n) is 2.02. The van der Waals surface area contributed by atoms with Crippen LogP contribution < -0.4 is 10.5 Å². The van der Waals surface area contributed by atoms with Gasteiger partial charge in [-0.3, -0.25) is 0 Å². The van der Waals surface area contributed by atoms with Crippen molar-refractivity contribution < 1.29 is 35.5 Å². The van der Waals surface area contributed by atoms with Gasteiger partial charge in [-0.05, 0) is 41.5 Å². The first kappa shape index (κ1) is 18.1. The lowest BCUT2D eigenvalue weighted by molar-refractivity contribution is -0.274. The predicted octanol–water partition coefficient (Wildman–Crippen LogP) is 4.79. The molecule has 0 unspecified atom stereocenters. The number of hydrogen-bond acceptors (Lipinski definition) is 2. The molecule has 0 aromatic heterocycles. The summed E-state index contributed by atoms with van der Waals surface area (Å²) in [5.74, 6) is -1.62. The first-order valence-corrected chi connectivity index (χ1v) is 6.45. The van der Waals surface area contributed by atoms with Gasteiger partial charge < -0.3 is 10.5 Å². The van der Waals surface area contributed by atoms with Crippen LogP contribution in [0.1, 0.15) is 22.7 Å². The Balaban J connectivity index is 2.29. The molecule has 24 heavy (non-hydrogen) atoms. The minimum absolute atomic E-state index is 0.160. The van der Waals surface area contributed by atoms with E-state index in [0.29, 0.717) is 12.1 Å². The van der Waals surface area contributed by atoms with Crippen LogP contribution in [-0.2, 0) is 6.18 Å². The maximum atomic E-state index is 13.4. The van der Waals surface area contributed by atoms with Gasteiger partial charge >= 0.3 is 12.5 Å². The van der Waals surface area contributed by atoms with Gasteiger partial charge in [-0.25, -0.2) is 4.39 Å². The smallest absolute Gasteiger partial charge is 0.406 e. The average molecular weight is 353 g/mol. The number of benzene rings is 2. The quantitative estimate of drug-likeness (QED) is 0.805. The summed E-state index contributed by atoms with van der Waals surface area (Å²) in [4.78, 5) is 0. The van der Waals surface area contributed by atoms with Crippen molar-refractivity contribution in [3.8, 4) is 5.75 Å². The monoisotopic (exact) mass is 353 g/mol. The Morgan fingerprint density at radius 3 is 1.92 bits per heavy atom. The topological polar surface area (TPSA) is 35.2 Å². The van der Waals surface area contributed by atoms with E-state index in [1.807, 2.05) is 0 Å². The number of rotatable bonds is 3. The molecule has 9 heteroatoms. The third-order valence-corrected chi connectivity index (χ3v) is 3.08. The van der Waals surface area contributed by atoms with Gasteiger partial charge in [0.15, 0.2) is 0 Å². The molecule has 0 bridgehead atoms. The molecule has 0 heterocycles. The van der Waals surface area contributed by atoms with Gasteiger partial charge in [0.2, 0.25) is 0 Å². The second-order valence-electron chi connectivity index (χ2n) is 4.87. The second kappa shape index (κ2) is 6.31. The first-order chi connectivity index (χ1) is 11.0. The first-order valence-electron chi connectivity index (χ1n) is 6.45. The van der Waals surface area contributed by atoms with Crippen LogP contribution in [0.4, 0.5) is 30.7 Å². The number of nitrogens with two attached hydrogens (primary N) is 1. The van der Waals surface area contributed by atoms with Gasteiger partial charge in [-0.15, -0.1) is 13.2 Å². The van der Waals surface area contributed by atoms with Crippen LogP contribution in [0.15, 0.2) is 42.5 Å². The SMILES string of the molecule is N[C@H](c1ccc(OC(F)(F)F)cc1)c1cc(F)cc(C(F)(F)F)c1. The molecule has 0 saturated heterocycles. The van der Waals surface area contributed by atoms with Crippen LogP contribution in [0.3, 0.4) is 0 Å². The van der Waals surface area contributed by atoms with Crippen LogP contribution in [-0.4, -0.2) is 6.36 Å². The van der Waals surface area contributed by atoms with E-state index in [2.05, 4.69) is 4.74 Å². The van der Waals surface area contributed by atoms with Crippen molar-refractivity contribution in [3.63, 3.8) is 0 Å². The van der Waals surface area contributed by atoms with Crippen LogP contribution in [0.5, 0.6) is 5.75 Å². The number of ether oxygens (including phenoxy) is 1. The van der Waals surface area contributed by atoms with E-state index in [4.69, 9.17) is 5.73 Å². The van der Waals surface area contributed by atoms with E-state index in [-0.39, 0.29) is 11.1 Å². The van der Waals surface area contributed by atoms with Crippen molar-refractivity contribution in [2.24, 2.45) is 5.73 Å². The van der Waals surface area contributed by atoms with E-state index in [9.17, 15) is 30.7 Å². The number of alkyl halides is 6. The van der Waals surface area contributed by atoms with Gasteiger partial charge in [0, 0.05) is 0 Å². The summed E-state index contributed by atoms with van der Waals surface area (Å²) < 4.78 is 91.4. The lowest BCUT2D eigenvalue weighted by Gasteiger charge is -2.16. The van der Waals surface area contributed by atoms with Crippen molar-refractivity contribution in [1.29, 1.82) is 0 Å². The maximum absolute atomic E-state index is 13.4. The Hall–Kier alpha value is -2.29. The van der Waals surface area contributed by atoms with Crippen LogP contribution in [0, 0.1) is 5.82 Å². The molecule has 0 radical (unpaired) electrons. The zero-order valence-electron chi connectivity index (χ0n) is 11.8. The molecule has 2 nitrogen and oxygen atoms in total. The normalized spacial score (nSPS) is 13.7. The standard InChI is InChI=1S/C15H10F7NO/c16-11-6-9(5-10(7-11)14(17,18)19)13(23)8-1-3-12(4-2-8)24-15(20,21)22/h1-7,13H,23H2/t13-/m1/s1. The number of halogens is 7. The fraction of sp³-hybridized carbons (Fsp3) is 0.200. The van der Waals surface area contributed by atoms with E-state index >= 15 is 0 Å². The molecule has 130 valence electrons. The van der Waals surface area contributed by atoms with E-state index in [0.717, 1.165) is 30.3 Å². The summed E-state index contributed by atoms with van der Waals surface area (Å²) in [6, 6.07) is 4.94. The molecular weight excluding hydrogens is 343 g/mol. The Morgan fingerprint density at radius 1 is 0.833 bits per heavy atom. The summed E-state index contributed by atoms with van der Waals surface area (Å²) >= 11 is 0. The highest BCUT2D eigenvalue weighted by atomic mass is 19.4. The molecule has 0 aliphatic carbocycles. The highest BCUT2D eigenvalue weighted by Gasteiger charge is 2.32. The molecule has 2 rings (SSSR count). The largest absolute Gasteiger partial charge is 0.573 e. The van der Waals surface area contributed by atoms with E-state index < -0.39 is 35.7 Å². The Bertz CT molecular complexity index is 707. The summed E-state index contributed by atoms with van der Waals surface area (Å²) in [7, 11) is 0. The summed E-state index contributed by atoms with van der Waals surface area (Å²) in [5.41, 5.74) is 4.61. The Morgan fingerprint density at radius 2 is 1.42 bits per heavy atom. The van der Waals surface area contributed by atoms with Crippen molar-refractivity contribution >= 4 is 0 Å². The van der Waals surface area contributed by atoms with E-state index in [1.165, 1.54) is 0 Å². The minimum atomic E-state index is -4.87. The molecule has 2 aromatic rings. The molecule has 0 saturated carbocycles. The van der Waals surface area contributed by atoms with Crippen molar-refractivity contribution in [1.82, 2.24) is 0 Å². The Kier molecular flexibility index (Phi) is 4.75. The minimum Gasteiger partial charge on any atom is -0.406 e. The number of hydrogen-bond donors (Lipinski definition) is 1. The van der Waals surface area contributed by atoms with Crippen molar-refractivity contribution in [2.45, 2.75) is 18.6 Å². The molecular formula is C15H10F7NO. The van der Waals surface area contributed by atoms with Gasteiger partial charge in [-0.1, -0.05) is 12.1 Å². The van der Waals surface area contributed by atoms with Gasteiger partial charge in [0.25, 0.3) is 0 Å². The summed E-state index contributed by atoms with van der Waals surface area (Å²) in [6.45, 7) is 0. The highest BCUT2D eigenvalue weighted by Crippen LogP contribution is 2.33. The van der Waals surface area contributed by atoms with Gasteiger partial charge in [0.1, 0.15) is 11.6 Å². The lowest BCUT2D eigenvalue weighted by atomic mass is 9.97. The molecule has 0 fully saturated rings. The molecule has 0 aliphatic rings. The zero-order valence-corrected chi connectivity index (χ0v) is 11.8. The molecule has 2 N–H and O–H groups in total. The van der Waals surface area contributed by atoms with Crippen LogP contribution in [0.25, 0.3) is 0 Å². The third-order valence-electron chi connectivity index (χ3n) is 3.08. The van der Waals surface area contributed by atoms with Gasteiger partial charge in [0.05, 0.1) is 11.6 Å². The third kappa shape index (κ3) is 4.60. The summed E-state index contributed by atoms with van der Waals surface area (Å²) in [5, 5.41) is 0. The molecule has 0 aliphatic heterocycles. The van der Waals surface area contributed by atoms with Crippen LogP contribution >= 0.6 is 0 Å². The van der Waals surface area contributed by atoms with Crippen LogP contribution in [0.2, 0.25) is 0 Å². The van der Waals surface area contributed by atoms with E-state index in [1.54, 1.807) is 0 Å². The molecule has 0 amide bonds. The predicted molar refractivity (Wildman–Crippen MR) is 70.6 cm³/mol. The van der Waals surface area contributed by atoms with Crippen molar-refractivity contribution in [3.05, 3.63) is 65.0 Å². The molecule has 1 atom stereocenters. The highest BCUT2D eigenvalue weighted by molar-refractivity contribution is 5.37. The van der Waals surface area contributed by atoms with Gasteiger partial charge in [-0.2, -0.15) is 13.2 Å². The molecule has 0 spiro atoms. The molecule has 2 aromatic carbocycles.